The molecule has 5 heteroatoms. The van der Waals surface area contributed by atoms with E-state index in [4.69, 9.17) is 4.74 Å². The summed E-state index contributed by atoms with van der Waals surface area (Å²) in [6.45, 7) is 2.43. The highest BCUT2D eigenvalue weighted by molar-refractivity contribution is 5.35. The van der Waals surface area contributed by atoms with E-state index in [0.29, 0.717) is 12.4 Å². The number of hydrogen-bond acceptors (Lipinski definition) is 4. The Balaban J connectivity index is 1.53. The Hall–Kier alpha value is -1.62. The quantitative estimate of drug-likeness (QED) is 0.423. The molecule has 104 valence electrons. The van der Waals surface area contributed by atoms with Gasteiger partial charge in [-0.05, 0) is 37.4 Å². The van der Waals surface area contributed by atoms with E-state index in [1.165, 1.54) is 37.8 Å². The fourth-order valence-corrected chi connectivity index (χ4v) is 1.95. The highest BCUT2D eigenvalue weighted by Gasteiger charge is 2.19. The normalized spacial score (nSPS) is 14.3. The van der Waals surface area contributed by atoms with E-state index >= 15 is 0 Å². The Morgan fingerprint density at radius 2 is 2.00 bits per heavy atom. The zero-order valence-electron chi connectivity index (χ0n) is 11.0. The van der Waals surface area contributed by atoms with Gasteiger partial charge in [0.05, 0.1) is 4.92 Å². The van der Waals surface area contributed by atoms with Crippen molar-refractivity contribution in [2.75, 3.05) is 19.7 Å². The molecule has 1 saturated carbocycles. The zero-order chi connectivity index (χ0) is 13.5. The van der Waals surface area contributed by atoms with Crippen LogP contribution in [0, 0.1) is 16.0 Å². The predicted octanol–water partition coefficient (Wildman–Crippen LogP) is 2.75. The second-order valence-corrected chi connectivity index (χ2v) is 4.94. The lowest BCUT2D eigenvalue weighted by atomic mass is 10.2. The molecule has 0 amide bonds. The average molecular weight is 264 g/mol. The Labute approximate surface area is 113 Å². The summed E-state index contributed by atoms with van der Waals surface area (Å²) < 4.78 is 5.50. The third-order valence-corrected chi connectivity index (χ3v) is 3.26. The van der Waals surface area contributed by atoms with Crippen LogP contribution in [0.25, 0.3) is 0 Å². The van der Waals surface area contributed by atoms with Gasteiger partial charge < -0.3 is 10.1 Å². The first-order valence-corrected chi connectivity index (χ1v) is 6.83. The van der Waals surface area contributed by atoms with Crippen LogP contribution >= 0.6 is 0 Å². The van der Waals surface area contributed by atoms with Crippen LogP contribution in [0.15, 0.2) is 24.3 Å². The van der Waals surface area contributed by atoms with Gasteiger partial charge in [-0.2, -0.15) is 0 Å². The largest absolute Gasteiger partial charge is 0.492 e. The lowest BCUT2D eigenvalue weighted by Gasteiger charge is -2.07. The Morgan fingerprint density at radius 3 is 2.63 bits per heavy atom. The van der Waals surface area contributed by atoms with E-state index < -0.39 is 4.92 Å². The number of nitro benzene ring substituents is 1. The van der Waals surface area contributed by atoms with E-state index in [-0.39, 0.29) is 5.69 Å². The molecular formula is C14H20N2O3. The van der Waals surface area contributed by atoms with Crippen molar-refractivity contribution in [3.8, 4) is 5.75 Å². The minimum absolute atomic E-state index is 0.0885. The van der Waals surface area contributed by atoms with Crippen molar-refractivity contribution in [3.63, 3.8) is 0 Å². The summed E-state index contributed by atoms with van der Waals surface area (Å²) in [5.41, 5.74) is 0.0885. The van der Waals surface area contributed by atoms with Crippen LogP contribution in [0.3, 0.4) is 0 Å². The molecule has 2 rings (SSSR count). The number of non-ortho nitro benzene ring substituents is 1. The van der Waals surface area contributed by atoms with Crippen LogP contribution < -0.4 is 10.1 Å². The Bertz CT molecular complexity index is 402. The minimum Gasteiger partial charge on any atom is -0.492 e. The lowest BCUT2D eigenvalue weighted by Crippen LogP contribution is -2.22. The molecule has 19 heavy (non-hydrogen) atoms. The number of ether oxygens (including phenoxy) is 1. The van der Waals surface area contributed by atoms with Crippen molar-refractivity contribution in [1.82, 2.24) is 5.32 Å². The molecule has 0 unspecified atom stereocenters. The number of nitro groups is 1. The van der Waals surface area contributed by atoms with Gasteiger partial charge in [-0.15, -0.1) is 0 Å². The van der Waals surface area contributed by atoms with Crippen molar-refractivity contribution < 1.29 is 9.66 Å². The van der Waals surface area contributed by atoms with E-state index in [1.54, 1.807) is 12.1 Å². The summed E-state index contributed by atoms with van der Waals surface area (Å²) in [6, 6.07) is 6.17. The first kappa shape index (κ1) is 13.8. The van der Waals surface area contributed by atoms with E-state index in [0.717, 1.165) is 19.0 Å². The topological polar surface area (TPSA) is 64.4 Å². The van der Waals surface area contributed by atoms with Crippen LogP contribution in [-0.2, 0) is 0 Å². The van der Waals surface area contributed by atoms with E-state index in [9.17, 15) is 10.1 Å². The molecule has 0 aromatic heterocycles. The van der Waals surface area contributed by atoms with Gasteiger partial charge >= 0.3 is 0 Å². The van der Waals surface area contributed by atoms with E-state index in [1.807, 2.05) is 0 Å². The molecule has 1 aliphatic rings. The first-order chi connectivity index (χ1) is 9.25. The van der Waals surface area contributed by atoms with Crippen molar-refractivity contribution in [3.05, 3.63) is 34.4 Å². The fraction of sp³-hybridized carbons (Fsp3) is 0.571. The van der Waals surface area contributed by atoms with Gasteiger partial charge in [0, 0.05) is 18.7 Å². The highest BCUT2D eigenvalue weighted by atomic mass is 16.6. The number of nitrogens with zero attached hydrogens (tertiary/aromatic N) is 1. The van der Waals surface area contributed by atoms with Gasteiger partial charge in [-0.3, -0.25) is 10.1 Å². The molecule has 1 fully saturated rings. The van der Waals surface area contributed by atoms with Gasteiger partial charge in [-0.1, -0.05) is 12.8 Å². The third-order valence-electron chi connectivity index (χ3n) is 3.26. The maximum Gasteiger partial charge on any atom is 0.269 e. The standard InChI is InChI=1S/C14H20N2O3/c17-16(18)13-5-7-14(8-6-13)19-11-10-15-9-1-2-12-3-4-12/h5-8,12,15H,1-4,9-11H2. The number of hydrogen-bond donors (Lipinski definition) is 1. The van der Waals surface area contributed by atoms with Crippen molar-refractivity contribution in [1.29, 1.82) is 0 Å². The molecule has 0 atom stereocenters. The van der Waals surface area contributed by atoms with Crippen molar-refractivity contribution in [2.24, 2.45) is 5.92 Å². The molecule has 1 aromatic carbocycles. The number of benzene rings is 1. The van der Waals surface area contributed by atoms with Crippen LogP contribution in [0.4, 0.5) is 5.69 Å². The summed E-state index contributed by atoms with van der Waals surface area (Å²) in [6.07, 6.45) is 5.42. The molecule has 0 spiro atoms. The number of rotatable bonds is 9. The summed E-state index contributed by atoms with van der Waals surface area (Å²) >= 11 is 0. The van der Waals surface area contributed by atoms with Crippen LogP contribution in [0.5, 0.6) is 5.75 Å². The summed E-state index contributed by atoms with van der Waals surface area (Å²) in [4.78, 5) is 10.1. The van der Waals surface area contributed by atoms with Gasteiger partial charge in [0.2, 0.25) is 0 Å². The first-order valence-electron chi connectivity index (χ1n) is 6.83. The van der Waals surface area contributed by atoms with Crippen LogP contribution in [0.1, 0.15) is 25.7 Å². The van der Waals surface area contributed by atoms with Gasteiger partial charge in [0.1, 0.15) is 12.4 Å². The highest BCUT2D eigenvalue weighted by Crippen LogP contribution is 2.33. The molecule has 1 aliphatic carbocycles. The predicted molar refractivity (Wildman–Crippen MR) is 73.4 cm³/mol. The molecular weight excluding hydrogens is 244 g/mol. The fourth-order valence-electron chi connectivity index (χ4n) is 1.95. The maximum atomic E-state index is 10.5. The second kappa shape index (κ2) is 7.09. The monoisotopic (exact) mass is 264 g/mol. The summed E-state index contributed by atoms with van der Waals surface area (Å²) in [7, 11) is 0. The second-order valence-electron chi connectivity index (χ2n) is 4.94. The molecule has 0 heterocycles. The van der Waals surface area contributed by atoms with Crippen molar-refractivity contribution >= 4 is 5.69 Å². The number of nitrogens with one attached hydrogen (secondary N) is 1. The third kappa shape index (κ3) is 5.26. The van der Waals surface area contributed by atoms with Gasteiger partial charge in [0.15, 0.2) is 0 Å². The average Bonchev–Trinajstić information content (AvgIpc) is 3.22. The molecule has 0 bridgehead atoms. The summed E-state index contributed by atoms with van der Waals surface area (Å²) in [5, 5.41) is 13.8. The molecule has 1 N–H and O–H groups in total. The smallest absolute Gasteiger partial charge is 0.269 e. The molecule has 0 radical (unpaired) electrons. The zero-order valence-corrected chi connectivity index (χ0v) is 11.0. The minimum atomic E-state index is -0.412. The SMILES string of the molecule is O=[N+]([O-])c1ccc(OCCNCCCC2CC2)cc1. The molecule has 1 aromatic rings. The lowest BCUT2D eigenvalue weighted by molar-refractivity contribution is -0.384. The van der Waals surface area contributed by atoms with Crippen LogP contribution in [-0.4, -0.2) is 24.6 Å². The van der Waals surface area contributed by atoms with Gasteiger partial charge in [0.25, 0.3) is 5.69 Å². The maximum absolute atomic E-state index is 10.5. The summed E-state index contributed by atoms with van der Waals surface area (Å²) in [5.74, 6) is 1.67. The van der Waals surface area contributed by atoms with Crippen LogP contribution in [0.2, 0.25) is 0 Å². The Kier molecular flexibility index (Phi) is 5.15. The van der Waals surface area contributed by atoms with Crippen molar-refractivity contribution in [2.45, 2.75) is 25.7 Å². The molecule has 5 nitrogen and oxygen atoms in total. The molecule has 0 saturated heterocycles. The van der Waals surface area contributed by atoms with Gasteiger partial charge in [-0.25, -0.2) is 0 Å². The van der Waals surface area contributed by atoms with E-state index in [2.05, 4.69) is 5.32 Å². The Morgan fingerprint density at radius 1 is 1.26 bits per heavy atom. The molecule has 0 aliphatic heterocycles.